The van der Waals surface area contributed by atoms with E-state index in [4.69, 9.17) is 25.8 Å². The van der Waals surface area contributed by atoms with Crippen LogP contribution in [0.1, 0.15) is 37.8 Å². The number of alkyl halides is 4. The fourth-order valence-electron chi connectivity index (χ4n) is 3.52. The molecule has 0 aromatic heterocycles. The van der Waals surface area contributed by atoms with Crippen LogP contribution >= 0.6 is 11.6 Å². The Morgan fingerprint density at radius 1 is 1.16 bits per heavy atom. The Labute approximate surface area is 187 Å². The van der Waals surface area contributed by atoms with Gasteiger partial charge in [0.25, 0.3) is 0 Å². The van der Waals surface area contributed by atoms with Crippen molar-refractivity contribution in [2.75, 3.05) is 20.9 Å². The number of allylic oxidation sites excluding steroid dienone is 2. The molecule has 1 aliphatic rings. The molecule has 0 bridgehead atoms. The second-order valence-electron chi connectivity index (χ2n) is 7.10. The second kappa shape index (κ2) is 9.81. The molecule has 0 spiro atoms. The Bertz CT molecular complexity index is 985. The average molecular weight is 480 g/mol. The van der Waals surface area contributed by atoms with Gasteiger partial charge in [-0.05, 0) is 32.9 Å². The highest BCUT2D eigenvalue weighted by atomic mass is 35.5. The number of carbonyl (C=O) groups excluding carboxylic acids is 2. The van der Waals surface area contributed by atoms with Crippen LogP contribution in [0.4, 0.5) is 17.6 Å². The van der Waals surface area contributed by atoms with Gasteiger partial charge in [0.15, 0.2) is 0 Å². The average Bonchev–Trinajstić information content (AvgIpc) is 2.70. The lowest BCUT2D eigenvalue weighted by atomic mass is 9.77. The first-order valence-electron chi connectivity index (χ1n) is 9.38. The molecule has 0 amide bonds. The van der Waals surface area contributed by atoms with Crippen molar-refractivity contribution in [1.29, 1.82) is 0 Å². The molecule has 2 rings (SSSR count). The Balaban J connectivity index is 3.03. The van der Waals surface area contributed by atoms with E-state index < -0.39 is 58.5 Å². The first-order valence-corrected chi connectivity index (χ1v) is 9.76. The SMILES string of the molecule is COC(=O)C1=C(CF)NC(C)=C(C(=O)OC(C)C)C1c1c(OC)ccc(Cl)c1C(F)(F)F. The normalized spacial score (nSPS) is 16.8. The molecule has 1 heterocycles. The molecule has 6 nitrogen and oxygen atoms in total. The molecule has 1 atom stereocenters. The van der Waals surface area contributed by atoms with Crippen molar-refractivity contribution in [1.82, 2.24) is 5.32 Å². The molecule has 1 aliphatic heterocycles. The van der Waals surface area contributed by atoms with Crippen molar-refractivity contribution >= 4 is 23.5 Å². The third-order valence-electron chi connectivity index (χ3n) is 4.69. The third-order valence-corrected chi connectivity index (χ3v) is 5.01. The summed E-state index contributed by atoms with van der Waals surface area (Å²) in [4.78, 5) is 25.6. The van der Waals surface area contributed by atoms with Gasteiger partial charge >= 0.3 is 18.1 Å². The maximum atomic E-state index is 14.1. The van der Waals surface area contributed by atoms with E-state index >= 15 is 0 Å². The lowest BCUT2D eigenvalue weighted by molar-refractivity contribution is -0.144. The van der Waals surface area contributed by atoms with Crippen LogP contribution in [0.3, 0.4) is 0 Å². The van der Waals surface area contributed by atoms with Gasteiger partial charge in [-0.1, -0.05) is 11.6 Å². The molecule has 0 saturated heterocycles. The van der Waals surface area contributed by atoms with E-state index in [1.807, 2.05) is 0 Å². The van der Waals surface area contributed by atoms with Crippen molar-refractivity contribution in [3.8, 4) is 5.75 Å². The van der Waals surface area contributed by atoms with Gasteiger partial charge in [0.05, 0.1) is 53.7 Å². The molecule has 1 aromatic carbocycles. The van der Waals surface area contributed by atoms with Gasteiger partial charge < -0.3 is 19.5 Å². The molecular weight excluding hydrogens is 458 g/mol. The molecular formula is C21H22ClF4NO5. The number of nitrogens with one attached hydrogen (secondary N) is 1. The molecule has 0 saturated carbocycles. The molecule has 0 radical (unpaired) electrons. The van der Waals surface area contributed by atoms with Crippen LogP contribution in [-0.2, 0) is 25.2 Å². The number of methoxy groups -OCH3 is 2. The third kappa shape index (κ3) is 4.85. The summed E-state index contributed by atoms with van der Waals surface area (Å²) in [7, 11) is 2.10. The lowest BCUT2D eigenvalue weighted by Crippen LogP contribution is -2.35. The van der Waals surface area contributed by atoms with Gasteiger partial charge in [0, 0.05) is 11.3 Å². The number of esters is 2. The molecule has 0 aliphatic carbocycles. The standard InChI is InChI=1S/C21H22ClF4NO5/c1-9(2)32-20(29)14-10(3)27-12(8-23)15(19(28)31-5)17(14)16-13(30-4)7-6-11(22)18(16)21(24,25)26/h6-7,9,17,27H,8H2,1-5H3. The highest BCUT2D eigenvalue weighted by Gasteiger charge is 2.46. The van der Waals surface area contributed by atoms with E-state index in [0.29, 0.717) is 0 Å². The fraction of sp³-hybridized carbons (Fsp3) is 0.429. The van der Waals surface area contributed by atoms with Crippen LogP contribution in [0.25, 0.3) is 0 Å². The van der Waals surface area contributed by atoms with Gasteiger partial charge in [-0.3, -0.25) is 0 Å². The first kappa shape index (κ1) is 25.5. The smallest absolute Gasteiger partial charge is 0.418 e. The van der Waals surface area contributed by atoms with Crippen LogP contribution in [0.15, 0.2) is 34.7 Å². The minimum atomic E-state index is -5.00. The van der Waals surface area contributed by atoms with Crippen molar-refractivity contribution in [2.45, 2.75) is 39.0 Å². The number of halogens is 5. The highest BCUT2D eigenvalue weighted by molar-refractivity contribution is 6.31. The highest BCUT2D eigenvalue weighted by Crippen LogP contribution is 2.50. The van der Waals surface area contributed by atoms with Gasteiger partial charge in [-0.2, -0.15) is 13.2 Å². The monoisotopic (exact) mass is 479 g/mol. The van der Waals surface area contributed by atoms with Crippen LogP contribution < -0.4 is 10.1 Å². The zero-order chi connectivity index (χ0) is 24.4. The lowest BCUT2D eigenvalue weighted by Gasteiger charge is -2.33. The zero-order valence-corrected chi connectivity index (χ0v) is 18.7. The number of ether oxygens (including phenoxy) is 3. The van der Waals surface area contributed by atoms with E-state index in [0.717, 1.165) is 20.3 Å². The number of hydrogen-bond acceptors (Lipinski definition) is 6. The number of carbonyl (C=O) groups is 2. The van der Waals surface area contributed by atoms with E-state index in [9.17, 15) is 27.2 Å². The topological polar surface area (TPSA) is 73.9 Å². The number of rotatable bonds is 6. The van der Waals surface area contributed by atoms with Crippen molar-refractivity contribution < 1.29 is 41.4 Å². The maximum Gasteiger partial charge on any atom is 0.418 e. The molecule has 176 valence electrons. The number of dihydropyridines is 1. The summed E-state index contributed by atoms with van der Waals surface area (Å²) >= 11 is 5.91. The Hall–Kier alpha value is -2.75. The summed E-state index contributed by atoms with van der Waals surface area (Å²) in [6, 6.07) is 2.15. The molecule has 11 heteroatoms. The van der Waals surface area contributed by atoms with Gasteiger partial charge in [-0.15, -0.1) is 0 Å². The Morgan fingerprint density at radius 2 is 1.78 bits per heavy atom. The summed E-state index contributed by atoms with van der Waals surface area (Å²) in [6.45, 7) is 3.21. The molecule has 1 aromatic rings. The second-order valence-corrected chi connectivity index (χ2v) is 7.51. The Morgan fingerprint density at radius 3 is 2.25 bits per heavy atom. The predicted octanol–water partition coefficient (Wildman–Crippen LogP) is 4.68. The minimum absolute atomic E-state index is 0.0103. The van der Waals surface area contributed by atoms with Crippen LogP contribution in [0.2, 0.25) is 5.02 Å². The van der Waals surface area contributed by atoms with E-state index in [2.05, 4.69) is 5.32 Å². The van der Waals surface area contributed by atoms with Crippen LogP contribution in [0, 0.1) is 0 Å². The van der Waals surface area contributed by atoms with Crippen molar-refractivity contribution in [2.24, 2.45) is 0 Å². The summed E-state index contributed by atoms with van der Waals surface area (Å²) in [5, 5.41) is 1.89. The fourth-order valence-corrected chi connectivity index (χ4v) is 3.79. The van der Waals surface area contributed by atoms with Gasteiger partial charge in [0.2, 0.25) is 0 Å². The molecule has 1 N–H and O–H groups in total. The molecule has 1 unspecified atom stereocenters. The summed E-state index contributed by atoms with van der Waals surface area (Å²) in [5.74, 6) is -4.17. The van der Waals surface area contributed by atoms with E-state index in [-0.39, 0.29) is 22.7 Å². The van der Waals surface area contributed by atoms with Gasteiger partial charge in [-0.25, -0.2) is 14.0 Å². The predicted molar refractivity (Wildman–Crippen MR) is 108 cm³/mol. The summed E-state index contributed by atoms with van der Waals surface area (Å²) in [5.41, 5.74) is -3.15. The number of hydrogen-bond donors (Lipinski definition) is 1. The zero-order valence-electron chi connectivity index (χ0n) is 17.9. The molecule has 32 heavy (non-hydrogen) atoms. The quantitative estimate of drug-likeness (QED) is 0.472. The first-order chi connectivity index (χ1) is 14.9. The molecule has 0 fully saturated rings. The van der Waals surface area contributed by atoms with E-state index in [1.54, 1.807) is 13.8 Å². The van der Waals surface area contributed by atoms with Crippen molar-refractivity contribution in [3.05, 3.63) is 50.8 Å². The van der Waals surface area contributed by atoms with Crippen molar-refractivity contribution in [3.63, 3.8) is 0 Å². The maximum absolute atomic E-state index is 14.1. The van der Waals surface area contributed by atoms with Crippen LogP contribution in [0.5, 0.6) is 5.75 Å². The summed E-state index contributed by atoms with van der Waals surface area (Å²) in [6.07, 6.45) is -5.62. The number of benzene rings is 1. The van der Waals surface area contributed by atoms with Crippen LogP contribution in [-0.4, -0.2) is 38.9 Å². The largest absolute Gasteiger partial charge is 0.496 e. The Kier molecular flexibility index (Phi) is 7.82. The van der Waals surface area contributed by atoms with Gasteiger partial charge in [0.1, 0.15) is 12.4 Å². The summed E-state index contributed by atoms with van der Waals surface area (Å²) < 4.78 is 71.3. The minimum Gasteiger partial charge on any atom is -0.496 e. The van der Waals surface area contributed by atoms with E-state index in [1.165, 1.54) is 13.0 Å².